The maximum atomic E-state index is 14.5. The van der Waals surface area contributed by atoms with Crippen LogP contribution < -0.4 is 30.7 Å². The fourth-order valence-corrected chi connectivity index (χ4v) is 6.20. The molecule has 0 saturated carbocycles. The number of carbonyl (C=O) groups excluding carboxylic acids is 6. The van der Waals surface area contributed by atoms with E-state index in [1.165, 1.54) is 14.7 Å². The van der Waals surface area contributed by atoms with Crippen LogP contribution >= 0.6 is 34.8 Å². The predicted octanol–water partition coefficient (Wildman–Crippen LogP) is 6.97. The summed E-state index contributed by atoms with van der Waals surface area (Å²) in [5.41, 5.74) is 3.90. The molecular weight excluding hydrogens is 755 g/mol. The van der Waals surface area contributed by atoms with Gasteiger partial charge in [-0.1, -0.05) is 18.2 Å². The first-order chi connectivity index (χ1) is 25.6. The number of nitrogens with one attached hydrogen (secondary N) is 3. The largest absolute Gasteiger partial charge is 0.325 e. The number of amides is 6. The summed E-state index contributed by atoms with van der Waals surface area (Å²) in [7, 11) is 4.64. The SMILES string of the molecule is Cc1c(C(=O)N(C)c2cccc(NC(=O)CCl)c2)c(C)c(C(=O)N(C)c2cccc(NC(=O)CCl)c2)c(C)c1C(=O)N(C)c1cccc(NC(=O)CCl)c1. The highest BCUT2D eigenvalue weighted by molar-refractivity contribution is 6.30. The summed E-state index contributed by atoms with van der Waals surface area (Å²) in [6.45, 7) is 4.95. The van der Waals surface area contributed by atoms with Crippen molar-refractivity contribution in [1.82, 2.24) is 0 Å². The second kappa shape index (κ2) is 18.1. The molecular formula is C39H39Cl3N6O6. The van der Waals surface area contributed by atoms with Gasteiger partial charge in [0.15, 0.2) is 0 Å². The molecule has 0 saturated heterocycles. The Morgan fingerprint density at radius 2 is 0.704 bits per heavy atom. The minimum atomic E-state index is -0.518. The molecule has 0 spiro atoms. The van der Waals surface area contributed by atoms with Gasteiger partial charge in [-0.25, -0.2) is 0 Å². The van der Waals surface area contributed by atoms with E-state index in [1.54, 1.807) is 115 Å². The lowest BCUT2D eigenvalue weighted by atomic mass is 9.86. The lowest BCUT2D eigenvalue weighted by molar-refractivity contribution is -0.114. The topological polar surface area (TPSA) is 148 Å². The maximum absolute atomic E-state index is 14.5. The number of nitrogens with zero attached hydrogens (tertiary/aromatic N) is 3. The molecule has 3 N–H and O–H groups in total. The Balaban J connectivity index is 1.88. The Labute approximate surface area is 328 Å². The first-order valence-corrected chi connectivity index (χ1v) is 18.1. The second-order valence-corrected chi connectivity index (χ2v) is 13.1. The second-order valence-electron chi connectivity index (χ2n) is 12.3. The van der Waals surface area contributed by atoms with Gasteiger partial charge in [-0.3, -0.25) is 28.8 Å². The van der Waals surface area contributed by atoms with Gasteiger partial charge >= 0.3 is 0 Å². The van der Waals surface area contributed by atoms with Crippen LogP contribution in [0.2, 0.25) is 0 Å². The summed E-state index contributed by atoms with van der Waals surface area (Å²) < 4.78 is 0. The fraction of sp³-hybridized carbons (Fsp3) is 0.231. The highest BCUT2D eigenvalue weighted by Gasteiger charge is 2.32. The Hall–Kier alpha value is -5.43. The highest BCUT2D eigenvalue weighted by atomic mass is 35.5. The Bertz CT molecular complexity index is 1880. The van der Waals surface area contributed by atoms with Crippen LogP contribution in [0, 0.1) is 20.8 Å². The minimum absolute atomic E-state index is 0.123. The van der Waals surface area contributed by atoms with Crippen LogP contribution in [0.1, 0.15) is 47.8 Å². The number of benzene rings is 4. The van der Waals surface area contributed by atoms with Crippen molar-refractivity contribution in [2.75, 3.05) is 69.4 Å². The number of carbonyl (C=O) groups is 6. The molecule has 0 radical (unpaired) electrons. The van der Waals surface area contributed by atoms with E-state index in [0.29, 0.717) is 50.8 Å². The highest BCUT2D eigenvalue weighted by Crippen LogP contribution is 2.34. The molecule has 282 valence electrons. The molecule has 0 aromatic heterocycles. The molecule has 4 aromatic rings. The molecule has 54 heavy (non-hydrogen) atoms. The number of hydrogen-bond acceptors (Lipinski definition) is 6. The normalized spacial score (nSPS) is 10.6. The zero-order valence-corrected chi connectivity index (χ0v) is 32.7. The van der Waals surface area contributed by atoms with Crippen molar-refractivity contribution in [2.24, 2.45) is 0 Å². The third-order valence-electron chi connectivity index (χ3n) is 8.72. The van der Waals surface area contributed by atoms with Crippen molar-refractivity contribution in [2.45, 2.75) is 20.8 Å². The van der Waals surface area contributed by atoms with Gasteiger partial charge in [0.25, 0.3) is 17.7 Å². The number of anilines is 6. The third-order valence-corrected chi connectivity index (χ3v) is 9.45. The van der Waals surface area contributed by atoms with Gasteiger partial charge in [0.2, 0.25) is 17.7 Å². The molecule has 0 heterocycles. The van der Waals surface area contributed by atoms with Gasteiger partial charge in [0, 0.05) is 72.0 Å². The van der Waals surface area contributed by atoms with Gasteiger partial charge in [0.1, 0.15) is 17.6 Å². The van der Waals surface area contributed by atoms with Crippen LogP contribution in [0.25, 0.3) is 0 Å². The Kier molecular flexibility index (Phi) is 13.8. The van der Waals surface area contributed by atoms with E-state index in [4.69, 9.17) is 34.8 Å². The van der Waals surface area contributed by atoms with Crippen molar-refractivity contribution in [1.29, 1.82) is 0 Å². The van der Waals surface area contributed by atoms with Gasteiger partial charge in [-0.15, -0.1) is 34.8 Å². The van der Waals surface area contributed by atoms with E-state index < -0.39 is 35.4 Å². The smallest absolute Gasteiger partial charge is 0.258 e. The first kappa shape index (κ1) is 41.3. The molecule has 4 aromatic carbocycles. The monoisotopic (exact) mass is 792 g/mol. The third kappa shape index (κ3) is 9.19. The van der Waals surface area contributed by atoms with Crippen molar-refractivity contribution in [3.05, 3.63) is 106 Å². The quantitative estimate of drug-likeness (QED) is 0.132. The fourth-order valence-electron chi connectivity index (χ4n) is 6.00. The lowest BCUT2D eigenvalue weighted by Gasteiger charge is -2.28. The van der Waals surface area contributed by atoms with Crippen molar-refractivity contribution >= 4 is 104 Å². The number of hydrogen-bond donors (Lipinski definition) is 3. The van der Waals surface area contributed by atoms with Crippen LogP contribution in [0.4, 0.5) is 34.1 Å². The average molecular weight is 794 g/mol. The zero-order chi connectivity index (χ0) is 39.9. The van der Waals surface area contributed by atoms with Crippen LogP contribution in [-0.4, -0.2) is 74.2 Å². The zero-order valence-electron chi connectivity index (χ0n) is 30.5. The molecule has 0 aliphatic rings. The van der Waals surface area contributed by atoms with E-state index in [-0.39, 0.29) is 34.3 Å². The van der Waals surface area contributed by atoms with Gasteiger partial charge in [0.05, 0.1) is 0 Å². The van der Waals surface area contributed by atoms with E-state index in [1.807, 2.05) is 0 Å². The molecule has 0 aliphatic heterocycles. The molecule has 6 amide bonds. The standard InChI is InChI=1S/C39H39Cl3N6O6/c1-22-34(37(52)46(4)28-13-7-10-25(16-28)43-31(49)19-40)23(2)36(39(54)48(6)30-15-9-12-27(18-30)45-33(51)21-42)24(3)35(22)38(53)47(5)29-14-8-11-26(17-29)44-32(50)20-41/h7-18H,19-21H2,1-6H3,(H,43,49)(H,44,50)(H,45,51). The average Bonchev–Trinajstić information content (AvgIpc) is 3.16. The van der Waals surface area contributed by atoms with Crippen molar-refractivity contribution in [3.8, 4) is 0 Å². The van der Waals surface area contributed by atoms with E-state index in [9.17, 15) is 28.8 Å². The molecule has 0 bridgehead atoms. The Morgan fingerprint density at radius 1 is 0.463 bits per heavy atom. The summed E-state index contributed by atoms with van der Waals surface area (Å²) in [5.74, 6) is -3.59. The summed E-state index contributed by atoms with van der Waals surface area (Å²) in [4.78, 5) is 83.6. The van der Waals surface area contributed by atoms with Crippen molar-refractivity contribution < 1.29 is 28.8 Å². The van der Waals surface area contributed by atoms with E-state index >= 15 is 0 Å². The molecule has 12 nitrogen and oxygen atoms in total. The van der Waals surface area contributed by atoms with Crippen molar-refractivity contribution in [3.63, 3.8) is 0 Å². The lowest BCUT2D eigenvalue weighted by Crippen LogP contribution is -2.34. The molecule has 0 aliphatic carbocycles. The van der Waals surface area contributed by atoms with Gasteiger partial charge < -0.3 is 30.7 Å². The van der Waals surface area contributed by atoms with E-state index in [0.717, 1.165) is 0 Å². The minimum Gasteiger partial charge on any atom is -0.325 e. The van der Waals surface area contributed by atoms with Crippen LogP contribution in [-0.2, 0) is 14.4 Å². The van der Waals surface area contributed by atoms with Crippen LogP contribution in [0.3, 0.4) is 0 Å². The number of alkyl halides is 3. The molecule has 0 unspecified atom stereocenters. The molecule has 0 atom stereocenters. The number of rotatable bonds is 12. The Morgan fingerprint density at radius 3 is 0.926 bits per heavy atom. The number of halogens is 3. The van der Waals surface area contributed by atoms with Gasteiger partial charge in [-0.2, -0.15) is 0 Å². The maximum Gasteiger partial charge on any atom is 0.258 e. The van der Waals surface area contributed by atoms with Crippen LogP contribution in [0.5, 0.6) is 0 Å². The summed E-state index contributed by atoms with van der Waals surface area (Å²) in [5, 5.41) is 8.00. The van der Waals surface area contributed by atoms with Gasteiger partial charge in [-0.05, 0) is 92.1 Å². The molecule has 0 fully saturated rings. The molecule has 15 heteroatoms. The summed E-state index contributed by atoms with van der Waals surface area (Å²) >= 11 is 17.0. The predicted molar refractivity (Wildman–Crippen MR) is 216 cm³/mol. The van der Waals surface area contributed by atoms with E-state index in [2.05, 4.69) is 16.0 Å². The molecule has 4 rings (SSSR count). The summed E-state index contributed by atoms with van der Waals surface area (Å²) in [6.07, 6.45) is 0. The first-order valence-electron chi connectivity index (χ1n) is 16.5. The van der Waals surface area contributed by atoms with Crippen LogP contribution in [0.15, 0.2) is 72.8 Å². The summed E-state index contributed by atoms with van der Waals surface area (Å²) in [6, 6.07) is 19.8.